The predicted molar refractivity (Wildman–Crippen MR) is 101 cm³/mol. The number of nitrogens with zero attached hydrogens (tertiary/aromatic N) is 2. The Hall–Kier alpha value is -1.66. The topological polar surface area (TPSA) is 62.5 Å². The van der Waals surface area contributed by atoms with E-state index in [1.807, 2.05) is 0 Å². The van der Waals surface area contributed by atoms with Crippen molar-refractivity contribution in [1.82, 2.24) is 4.98 Å². The molecule has 0 bridgehead atoms. The number of hydrogen-bond donors (Lipinski definition) is 1. The Balaban J connectivity index is 1.77. The number of benzene rings is 1. The van der Waals surface area contributed by atoms with E-state index in [1.54, 1.807) is 11.3 Å². The number of allylic oxidation sites excluding steroid dienone is 2. The van der Waals surface area contributed by atoms with E-state index in [0.717, 1.165) is 26.7 Å². The molecule has 4 rings (SSSR count). The third-order valence-corrected chi connectivity index (χ3v) is 6.62. The number of thiazole rings is 1. The normalized spacial score (nSPS) is 22.2. The fourth-order valence-corrected chi connectivity index (χ4v) is 5.55. The number of aliphatic imine (C=N–C) groups is 1. The van der Waals surface area contributed by atoms with E-state index in [2.05, 4.69) is 44.0 Å². The maximum Gasteiger partial charge on any atom is 0.329 e. The van der Waals surface area contributed by atoms with Crippen molar-refractivity contribution >= 4 is 49.9 Å². The van der Waals surface area contributed by atoms with Crippen LogP contribution in [0.1, 0.15) is 36.9 Å². The Morgan fingerprint density at radius 2 is 2.17 bits per heavy atom. The highest BCUT2D eigenvalue weighted by molar-refractivity contribution is 8.15. The van der Waals surface area contributed by atoms with Gasteiger partial charge in [-0.15, -0.1) is 23.1 Å². The zero-order valence-corrected chi connectivity index (χ0v) is 15.4. The highest BCUT2D eigenvalue weighted by Gasteiger charge is 2.28. The summed E-state index contributed by atoms with van der Waals surface area (Å²) in [4.78, 5) is 20.1. The largest absolute Gasteiger partial charge is 0.480 e. The molecule has 1 N–H and O–H groups in total. The van der Waals surface area contributed by atoms with Crippen LogP contribution in [0, 0.1) is 5.41 Å². The third kappa shape index (κ3) is 2.67. The molecular weight excluding hydrogens is 340 g/mol. The molecule has 2 aliphatic rings. The first-order valence-corrected chi connectivity index (χ1v) is 9.70. The van der Waals surface area contributed by atoms with Crippen LogP contribution >= 0.6 is 23.1 Å². The van der Waals surface area contributed by atoms with Gasteiger partial charge in [0.1, 0.15) is 10.1 Å². The van der Waals surface area contributed by atoms with Crippen LogP contribution in [0.15, 0.2) is 23.2 Å². The van der Waals surface area contributed by atoms with E-state index in [9.17, 15) is 4.79 Å². The van der Waals surface area contributed by atoms with Crippen LogP contribution < -0.4 is 0 Å². The molecule has 6 heteroatoms. The van der Waals surface area contributed by atoms with Crippen LogP contribution in [-0.4, -0.2) is 32.9 Å². The van der Waals surface area contributed by atoms with Crippen LogP contribution in [0.5, 0.6) is 0 Å². The minimum atomic E-state index is -0.864. The van der Waals surface area contributed by atoms with E-state index in [4.69, 9.17) is 10.1 Å². The number of rotatable bonds is 2. The van der Waals surface area contributed by atoms with E-state index < -0.39 is 12.0 Å². The molecule has 0 radical (unpaired) electrons. The van der Waals surface area contributed by atoms with Gasteiger partial charge in [-0.25, -0.2) is 9.78 Å². The number of hydrogen-bond acceptors (Lipinski definition) is 5. The predicted octanol–water partition coefficient (Wildman–Crippen LogP) is 4.23. The molecule has 1 aliphatic heterocycles. The van der Waals surface area contributed by atoms with E-state index in [0.29, 0.717) is 5.75 Å². The van der Waals surface area contributed by atoms with Gasteiger partial charge in [0, 0.05) is 5.75 Å². The van der Waals surface area contributed by atoms with Gasteiger partial charge < -0.3 is 5.11 Å². The van der Waals surface area contributed by atoms with Crippen molar-refractivity contribution in [2.75, 3.05) is 5.75 Å². The van der Waals surface area contributed by atoms with Crippen LogP contribution in [0.3, 0.4) is 0 Å². The van der Waals surface area contributed by atoms with Gasteiger partial charge in [-0.1, -0.05) is 19.9 Å². The molecule has 2 aromatic rings. The van der Waals surface area contributed by atoms with Crippen LogP contribution in [0.4, 0.5) is 0 Å². The lowest BCUT2D eigenvalue weighted by atomic mass is 9.76. The number of carboxylic acid groups (broad SMARTS) is 1. The van der Waals surface area contributed by atoms with Crippen molar-refractivity contribution in [3.63, 3.8) is 0 Å². The molecule has 0 spiro atoms. The van der Waals surface area contributed by atoms with Crippen molar-refractivity contribution in [2.45, 2.75) is 33.2 Å². The first kappa shape index (κ1) is 15.8. The highest BCUT2D eigenvalue weighted by atomic mass is 32.2. The molecule has 2 heterocycles. The molecule has 1 aliphatic carbocycles. The minimum Gasteiger partial charge on any atom is -0.480 e. The summed E-state index contributed by atoms with van der Waals surface area (Å²) in [5, 5.41) is 10.7. The van der Waals surface area contributed by atoms with Crippen LogP contribution in [0.2, 0.25) is 0 Å². The number of aromatic nitrogens is 1. The summed E-state index contributed by atoms with van der Waals surface area (Å²) in [5.41, 5.74) is 5.10. The molecule has 124 valence electrons. The molecule has 4 nitrogen and oxygen atoms in total. The standard InChI is InChI=1S/C18H18N2O2S2/c1-9-6-18(2,3)7-10-4-14-12(5-11(9)10)19-16(24-14)15-20-13(8-23-15)17(21)22/h4-6,13H,7-8H2,1-3H3,(H,21,22)/t13-/m1/s1. The van der Waals surface area contributed by atoms with E-state index >= 15 is 0 Å². The molecule has 0 fully saturated rings. The fourth-order valence-electron chi connectivity index (χ4n) is 3.44. The summed E-state index contributed by atoms with van der Waals surface area (Å²) in [6, 6.07) is 3.77. The van der Waals surface area contributed by atoms with Gasteiger partial charge in [-0.3, -0.25) is 4.99 Å². The van der Waals surface area contributed by atoms with Gasteiger partial charge in [0.2, 0.25) is 0 Å². The average Bonchev–Trinajstić information content (AvgIpc) is 3.10. The average molecular weight is 358 g/mol. The number of carbonyl (C=O) groups is 1. The van der Waals surface area contributed by atoms with Crippen molar-refractivity contribution in [3.05, 3.63) is 34.3 Å². The first-order chi connectivity index (χ1) is 11.3. The van der Waals surface area contributed by atoms with Crippen LogP contribution in [0.25, 0.3) is 15.8 Å². The Morgan fingerprint density at radius 1 is 1.38 bits per heavy atom. The first-order valence-electron chi connectivity index (χ1n) is 7.89. The second kappa shape index (κ2) is 5.43. The highest BCUT2D eigenvalue weighted by Crippen LogP contribution is 2.39. The Bertz CT molecular complexity index is 924. The smallest absolute Gasteiger partial charge is 0.329 e. The molecule has 1 atom stereocenters. The lowest BCUT2D eigenvalue weighted by Crippen LogP contribution is -2.17. The van der Waals surface area contributed by atoms with Crippen molar-refractivity contribution in [1.29, 1.82) is 0 Å². The summed E-state index contributed by atoms with van der Waals surface area (Å²) in [5.74, 6) is -0.371. The second-order valence-electron chi connectivity index (χ2n) is 7.09. The van der Waals surface area contributed by atoms with Gasteiger partial charge in [0.05, 0.1) is 10.2 Å². The van der Waals surface area contributed by atoms with Gasteiger partial charge in [-0.2, -0.15) is 0 Å². The Kier molecular flexibility index (Phi) is 3.58. The van der Waals surface area contributed by atoms with Crippen molar-refractivity contribution < 1.29 is 9.90 Å². The lowest BCUT2D eigenvalue weighted by molar-refractivity contribution is -0.137. The van der Waals surface area contributed by atoms with Crippen molar-refractivity contribution in [2.24, 2.45) is 10.4 Å². The van der Waals surface area contributed by atoms with Gasteiger partial charge in [-0.05, 0) is 47.6 Å². The third-order valence-electron chi connectivity index (χ3n) is 4.41. The number of carboxylic acids is 1. The lowest BCUT2D eigenvalue weighted by Gasteiger charge is -2.28. The molecule has 0 saturated carbocycles. The summed E-state index contributed by atoms with van der Waals surface area (Å²) in [7, 11) is 0. The monoisotopic (exact) mass is 358 g/mol. The maximum atomic E-state index is 11.1. The molecule has 1 aromatic carbocycles. The quantitative estimate of drug-likeness (QED) is 0.873. The molecule has 1 aromatic heterocycles. The van der Waals surface area contributed by atoms with Crippen molar-refractivity contribution in [3.8, 4) is 0 Å². The SMILES string of the molecule is CC1=CC(C)(C)Cc2cc3sc(C4=N[C@@H](C(=O)O)CS4)nc3cc21. The Morgan fingerprint density at radius 3 is 2.88 bits per heavy atom. The molecule has 0 saturated heterocycles. The molecule has 0 amide bonds. The Labute approximate surface area is 148 Å². The van der Waals surface area contributed by atoms with E-state index in [1.165, 1.54) is 28.5 Å². The summed E-state index contributed by atoms with van der Waals surface area (Å²) in [6.45, 7) is 6.68. The summed E-state index contributed by atoms with van der Waals surface area (Å²) >= 11 is 3.09. The summed E-state index contributed by atoms with van der Waals surface area (Å²) in [6.07, 6.45) is 3.36. The zero-order chi connectivity index (χ0) is 17.1. The molecule has 0 unspecified atom stereocenters. The molecule has 24 heavy (non-hydrogen) atoms. The number of thioether (sulfide) groups is 1. The zero-order valence-electron chi connectivity index (χ0n) is 13.8. The number of aliphatic carboxylic acids is 1. The van der Waals surface area contributed by atoms with Gasteiger partial charge in [0.15, 0.2) is 6.04 Å². The number of fused-ring (bicyclic) bond motifs is 2. The minimum absolute atomic E-state index is 0.179. The van der Waals surface area contributed by atoms with Gasteiger partial charge >= 0.3 is 5.97 Å². The van der Waals surface area contributed by atoms with Crippen LogP contribution in [-0.2, 0) is 11.2 Å². The second-order valence-corrected chi connectivity index (χ2v) is 9.13. The molecular formula is C18H18N2O2S2. The van der Waals surface area contributed by atoms with Gasteiger partial charge in [0.25, 0.3) is 0 Å². The summed E-state index contributed by atoms with van der Waals surface area (Å²) < 4.78 is 1.15. The fraction of sp³-hybridized carbons (Fsp3) is 0.389. The maximum absolute atomic E-state index is 11.1. The van der Waals surface area contributed by atoms with E-state index in [-0.39, 0.29) is 5.41 Å².